The van der Waals surface area contributed by atoms with Crippen LogP contribution in [0, 0.1) is 0 Å². The van der Waals surface area contributed by atoms with Gasteiger partial charge in [0.25, 0.3) is 0 Å². The first-order valence-electron chi connectivity index (χ1n) is 8.72. The molecule has 1 saturated carbocycles. The summed E-state index contributed by atoms with van der Waals surface area (Å²) in [6.45, 7) is 7.89. The minimum absolute atomic E-state index is 0.0314. The van der Waals surface area contributed by atoms with Crippen molar-refractivity contribution in [3.05, 3.63) is 34.3 Å². The summed E-state index contributed by atoms with van der Waals surface area (Å²) in [6, 6.07) is 8.17. The maximum Gasteiger partial charge on any atom is 0.316 e. The molecule has 0 aromatic heterocycles. The molecule has 0 spiro atoms. The maximum absolute atomic E-state index is 12.9. The normalized spacial score (nSPS) is 17.2. The highest BCUT2D eigenvalue weighted by Gasteiger charge is 2.44. The van der Waals surface area contributed by atoms with Gasteiger partial charge < -0.3 is 9.22 Å². The third kappa shape index (κ3) is 4.16. The van der Waals surface area contributed by atoms with E-state index < -0.39 is 5.41 Å². The Kier molecular flexibility index (Phi) is 6.26. The number of carbonyl (C=O) groups is 1. The molecule has 4 heteroatoms. The Morgan fingerprint density at radius 2 is 1.74 bits per heavy atom. The number of hydrogen-bond donors (Lipinski definition) is 0. The fraction of sp³-hybridized carbons (Fsp3) is 0.632. The topological polar surface area (TPSA) is 26.3 Å². The van der Waals surface area contributed by atoms with E-state index in [1.807, 2.05) is 12.1 Å². The van der Waals surface area contributed by atoms with Gasteiger partial charge in [-0.1, -0.05) is 40.9 Å². The molecule has 0 heterocycles. The quantitative estimate of drug-likeness (QED) is 0.519. The number of halogens is 1. The molecule has 0 aliphatic heterocycles. The fourth-order valence-corrected chi connectivity index (χ4v) is 3.66. The Morgan fingerprint density at radius 1 is 1.17 bits per heavy atom. The Bertz CT molecular complexity index is 517. The molecule has 128 valence electrons. The average Bonchev–Trinajstić information content (AvgIpc) is 3.06. The maximum atomic E-state index is 12.9. The lowest BCUT2D eigenvalue weighted by atomic mass is 9.79. The van der Waals surface area contributed by atoms with E-state index in [1.54, 1.807) is 0 Å². The van der Waals surface area contributed by atoms with Gasteiger partial charge in [0.15, 0.2) is 0 Å². The second kappa shape index (κ2) is 7.80. The van der Waals surface area contributed by atoms with Crippen molar-refractivity contribution < 1.29 is 14.0 Å². The predicted octanol–water partition coefficient (Wildman–Crippen LogP) is 4.29. The highest BCUT2D eigenvalue weighted by Crippen LogP contribution is 2.42. The second-order valence-electron chi connectivity index (χ2n) is 6.91. The van der Waals surface area contributed by atoms with Gasteiger partial charge in [0.2, 0.25) is 0 Å². The van der Waals surface area contributed by atoms with E-state index in [0.717, 1.165) is 59.8 Å². The van der Waals surface area contributed by atoms with E-state index in [9.17, 15) is 4.79 Å². The number of benzene rings is 1. The zero-order valence-electron chi connectivity index (χ0n) is 14.6. The van der Waals surface area contributed by atoms with Crippen LogP contribution < -0.4 is 0 Å². The molecule has 23 heavy (non-hydrogen) atoms. The molecular weight excluding hydrogens is 354 g/mol. The van der Waals surface area contributed by atoms with Gasteiger partial charge in [-0.05, 0) is 44.4 Å². The molecule has 1 aromatic rings. The molecule has 0 amide bonds. The number of carbonyl (C=O) groups excluding carboxylic acids is 1. The fourth-order valence-electron chi connectivity index (χ4n) is 3.39. The third-order valence-electron chi connectivity index (χ3n) is 5.64. The van der Waals surface area contributed by atoms with E-state index in [4.69, 9.17) is 4.74 Å². The molecule has 0 bridgehead atoms. The molecule has 1 aromatic carbocycles. The average molecular weight is 383 g/mol. The molecule has 0 saturated heterocycles. The van der Waals surface area contributed by atoms with Crippen molar-refractivity contribution >= 4 is 21.9 Å². The van der Waals surface area contributed by atoms with Gasteiger partial charge in [0.1, 0.15) is 13.2 Å². The van der Waals surface area contributed by atoms with Gasteiger partial charge in [-0.2, -0.15) is 0 Å². The summed E-state index contributed by atoms with van der Waals surface area (Å²) in [5, 5.41) is 0. The van der Waals surface area contributed by atoms with Crippen LogP contribution in [-0.2, 0) is 14.9 Å². The van der Waals surface area contributed by atoms with Crippen LogP contribution in [-0.4, -0.2) is 43.7 Å². The van der Waals surface area contributed by atoms with Crippen LogP contribution in [0.3, 0.4) is 0 Å². The Balaban J connectivity index is 2.06. The van der Waals surface area contributed by atoms with Gasteiger partial charge >= 0.3 is 5.97 Å². The number of quaternary nitrogens is 1. The first-order valence-corrected chi connectivity index (χ1v) is 9.52. The molecule has 1 aliphatic rings. The standard InChI is InChI=1S/C19H29BrNO2/c1-4-21(3,5-2)14-15-23-18(22)19(12-6-7-13-19)16-8-10-17(20)11-9-16/h8-11H,4-7,12-15H2,1-3H3/q+1. The molecular formula is C19H29BrNO2+. The first-order chi connectivity index (χ1) is 11.0. The van der Waals surface area contributed by atoms with Gasteiger partial charge in [-0.3, -0.25) is 4.79 Å². The van der Waals surface area contributed by atoms with Crippen LogP contribution in [0.15, 0.2) is 28.7 Å². The van der Waals surface area contributed by atoms with Crippen LogP contribution in [0.1, 0.15) is 45.1 Å². The van der Waals surface area contributed by atoms with Gasteiger partial charge in [-0.25, -0.2) is 0 Å². The van der Waals surface area contributed by atoms with Crippen molar-refractivity contribution in [2.24, 2.45) is 0 Å². The minimum Gasteiger partial charge on any atom is -0.459 e. The van der Waals surface area contributed by atoms with Crippen molar-refractivity contribution in [3.63, 3.8) is 0 Å². The van der Waals surface area contributed by atoms with Crippen molar-refractivity contribution in [1.82, 2.24) is 0 Å². The molecule has 3 nitrogen and oxygen atoms in total. The molecule has 0 atom stereocenters. The van der Waals surface area contributed by atoms with Gasteiger partial charge in [0.05, 0.1) is 25.6 Å². The number of rotatable bonds is 7. The van der Waals surface area contributed by atoms with Crippen LogP contribution in [0.2, 0.25) is 0 Å². The number of esters is 1. The monoisotopic (exact) mass is 382 g/mol. The predicted molar refractivity (Wildman–Crippen MR) is 97.4 cm³/mol. The van der Waals surface area contributed by atoms with Crippen molar-refractivity contribution in [3.8, 4) is 0 Å². The van der Waals surface area contributed by atoms with E-state index in [1.165, 1.54) is 0 Å². The Morgan fingerprint density at radius 3 is 2.26 bits per heavy atom. The van der Waals surface area contributed by atoms with E-state index in [0.29, 0.717) is 6.61 Å². The molecule has 1 aliphatic carbocycles. The Labute approximate surface area is 148 Å². The number of likely N-dealkylation sites (N-methyl/N-ethyl adjacent to an activating group) is 1. The summed E-state index contributed by atoms with van der Waals surface area (Å²) < 4.78 is 7.73. The van der Waals surface area contributed by atoms with Crippen molar-refractivity contribution in [2.45, 2.75) is 44.9 Å². The lowest BCUT2D eigenvalue weighted by molar-refractivity contribution is -0.906. The summed E-state index contributed by atoms with van der Waals surface area (Å²) >= 11 is 3.47. The zero-order chi connectivity index (χ0) is 16.9. The van der Waals surface area contributed by atoms with E-state index >= 15 is 0 Å². The minimum atomic E-state index is -0.428. The molecule has 0 radical (unpaired) electrons. The second-order valence-corrected chi connectivity index (χ2v) is 7.82. The highest BCUT2D eigenvalue weighted by atomic mass is 79.9. The number of ether oxygens (including phenoxy) is 1. The lowest BCUT2D eigenvalue weighted by Crippen LogP contribution is -2.46. The lowest BCUT2D eigenvalue weighted by Gasteiger charge is -2.33. The molecule has 2 rings (SSSR count). The van der Waals surface area contributed by atoms with Crippen LogP contribution in [0.5, 0.6) is 0 Å². The first kappa shape index (κ1) is 18.5. The van der Waals surface area contributed by atoms with E-state index in [-0.39, 0.29) is 5.97 Å². The Hall–Kier alpha value is -0.870. The summed E-state index contributed by atoms with van der Waals surface area (Å²) in [5.41, 5.74) is 0.675. The zero-order valence-corrected chi connectivity index (χ0v) is 16.2. The smallest absolute Gasteiger partial charge is 0.316 e. The molecule has 0 unspecified atom stereocenters. The summed E-state index contributed by atoms with van der Waals surface area (Å²) in [5.74, 6) is -0.0314. The van der Waals surface area contributed by atoms with Crippen molar-refractivity contribution in [2.75, 3.05) is 33.3 Å². The number of nitrogens with zero attached hydrogens (tertiary/aromatic N) is 1. The van der Waals surface area contributed by atoms with Gasteiger partial charge in [0, 0.05) is 4.47 Å². The molecule has 1 fully saturated rings. The summed E-state index contributed by atoms with van der Waals surface area (Å²) in [7, 11) is 2.22. The van der Waals surface area contributed by atoms with E-state index in [2.05, 4.69) is 49.0 Å². The van der Waals surface area contributed by atoms with Crippen molar-refractivity contribution in [1.29, 1.82) is 0 Å². The number of hydrogen-bond acceptors (Lipinski definition) is 2. The van der Waals surface area contributed by atoms with Crippen LogP contribution >= 0.6 is 15.9 Å². The molecule has 0 N–H and O–H groups in total. The third-order valence-corrected chi connectivity index (χ3v) is 6.16. The van der Waals surface area contributed by atoms with Gasteiger partial charge in [-0.15, -0.1) is 0 Å². The largest absolute Gasteiger partial charge is 0.459 e. The SMILES string of the molecule is CC[N+](C)(CC)CCOC(=O)C1(c2ccc(Br)cc2)CCCC1. The summed E-state index contributed by atoms with van der Waals surface area (Å²) in [4.78, 5) is 12.9. The van der Waals surface area contributed by atoms with Crippen LogP contribution in [0.25, 0.3) is 0 Å². The highest BCUT2D eigenvalue weighted by molar-refractivity contribution is 9.10. The summed E-state index contributed by atoms with van der Waals surface area (Å²) in [6.07, 6.45) is 4.01. The van der Waals surface area contributed by atoms with Crippen LogP contribution in [0.4, 0.5) is 0 Å².